The summed E-state index contributed by atoms with van der Waals surface area (Å²) in [6.45, 7) is 7.88. The van der Waals surface area contributed by atoms with Crippen molar-refractivity contribution < 1.29 is 4.79 Å². The zero-order valence-electron chi connectivity index (χ0n) is 16.9. The predicted octanol–water partition coefficient (Wildman–Crippen LogP) is 2.14. The summed E-state index contributed by atoms with van der Waals surface area (Å²) in [5, 5.41) is 0. The number of anilines is 1. The normalized spacial score (nSPS) is 28.0. The van der Waals surface area contributed by atoms with Crippen molar-refractivity contribution in [3.05, 3.63) is 30.3 Å². The van der Waals surface area contributed by atoms with Gasteiger partial charge >= 0.3 is 0 Å². The molecular weight excluding hydrogens is 336 g/mol. The Labute approximate surface area is 163 Å². The number of carbonyl (C=O) groups is 1. The maximum absolute atomic E-state index is 12.5. The number of piperidine rings is 1. The van der Waals surface area contributed by atoms with Gasteiger partial charge in [-0.2, -0.15) is 0 Å². The Morgan fingerprint density at radius 2 is 1.78 bits per heavy atom. The average Bonchev–Trinajstić information content (AvgIpc) is 2.97. The first-order valence-electron chi connectivity index (χ1n) is 10.5. The van der Waals surface area contributed by atoms with Gasteiger partial charge in [0.25, 0.3) is 0 Å². The van der Waals surface area contributed by atoms with Crippen LogP contribution in [0.15, 0.2) is 30.3 Å². The molecule has 0 aromatic heterocycles. The van der Waals surface area contributed by atoms with Crippen LogP contribution < -0.4 is 4.90 Å². The van der Waals surface area contributed by atoms with Crippen LogP contribution in [0.25, 0.3) is 0 Å². The van der Waals surface area contributed by atoms with Crippen LogP contribution in [0, 0.1) is 5.92 Å². The lowest BCUT2D eigenvalue weighted by atomic mass is 9.85. The average molecular weight is 371 g/mol. The Kier molecular flexibility index (Phi) is 5.53. The number of carbonyl (C=O) groups excluding carboxylic acids is 1. The third kappa shape index (κ3) is 4.05. The Hall–Kier alpha value is -1.43. The van der Waals surface area contributed by atoms with E-state index in [1.807, 2.05) is 35.2 Å². The number of hydrogen-bond acceptors (Lipinski definition) is 4. The van der Waals surface area contributed by atoms with E-state index < -0.39 is 0 Å². The number of benzene rings is 1. The van der Waals surface area contributed by atoms with E-state index in [0.29, 0.717) is 17.9 Å². The van der Waals surface area contributed by atoms with Gasteiger partial charge in [0.2, 0.25) is 5.91 Å². The molecule has 3 aliphatic rings. The topological polar surface area (TPSA) is 30.0 Å². The first-order valence-corrected chi connectivity index (χ1v) is 10.5. The summed E-state index contributed by atoms with van der Waals surface area (Å²) in [6, 6.07) is 10.1. The zero-order valence-corrected chi connectivity index (χ0v) is 16.9. The van der Waals surface area contributed by atoms with Gasteiger partial charge in [-0.3, -0.25) is 9.69 Å². The fourth-order valence-corrected chi connectivity index (χ4v) is 5.34. The van der Waals surface area contributed by atoms with Gasteiger partial charge in [0.1, 0.15) is 0 Å². The summed E-state index contributed by atoms with van der Waals surface area (Å²) in [5.41, 5.74) is 1.40. The van der Waals surface area contributed by atoms with Crippen molar-refractivity contribution >= 4 is 11.6 Å². The maximum atomic E-state index is 12.5. The van der Waals surface area contributed by atoms with Gasteiger partial charge in [0.05, 0.1) is 0 Å². The zero-order chi connectivity index (χ0) is 18.9. The highest BCUT2D eigenvalue weighted by Crippen LogP contribution is 2.32. The molecule has 1 spiro atoms. The lowest BCUT2D eigenvalue weighted by Crippen LogP contribution is -2.58. The molecule has 5 nitrogen and oxygen atoms in total. The number of nitrogens with zero attached hydrogens (tertiary/aromatic N) is 4. The lowest BCUT2D eigenvalue weighted by Gasteiger charge is -2.48. The lowest BCUT2D eigenvalue weighted by molar-refractivity contribution is -0.117. The van der Waals surface area contributed by atoms with Crippen molar-refractivity contribution in [3.63, 3.8) is 0 Å². The van der Waals surface area contributed by atoms with Crippen molar-refractivity contribution in [1.82, 2.24) is 14.7 Å². The van der Waals surface area contributed by atoms with Gasteiger partial charge in [-0.15, -0.1) is 0 Å². The molecule has 3 heterocycles. The van der Waals surface area contributed by atoms with Crippen LogP contribution in [0.3, 0.4) is 0 Å². The van der Waals surface area contributed by atoms with Crippen LogP contribution in [-0.2, 0) is 4.79 Å². The minimum atomic E-state index is 0.282. The minimum Gasteiger partial charge on any atom is -0.312 e. The van der Waals surface area contributed by atoms with E-state index in [2.05, 4.69) is 28.8 Å². The summed E-state index contributed by atoms with van der Waals surface area (Å²) in [5.74, 6) is 0.742. The molecule has 1 aromatic carbocycles. The molecule has 3 aliphatic heterocycles. The molecule has 0 unspecified atom stereocenters. The van der Waals surface area contributed by atoms with Crippen molar-refractivity contribution in [3.8, 4) is 0 Å². The molecule has 5 heteroatoms. The van der Waals surface area contributed by atoms with E-state index in [4.69, 9.17) is 0 Å². The van der Waals surface area contributed by atoms with Crippen molar-refractivity contribution in [2.75, 3.05) is 64.8 Å². The second-order valence-electron chi connectivity index (χ2n) is 8.95. The molecule has 3 fully saturated rings. The molecule has 148 valence electrons. The molecule has 0 N–H and O–H groups in total. The number of hydrogen-bond donors (Lipinski definition) is 0. The monoisotopic (exact) mass is 370 g/mol. The maximum Gasteiger partial charge on any atom is 0.227 e. The Morgan fingerprint density at radius 3 is 2.52 bits per heavy atom. The number of amides is 1. The van der Waals surface area contributed by atoms with E-state index in [9.17, 15) is 4.79 Å². The van der Waals surface area contributed by atoms with Gasteiger partial charge in [-0.05, 0) is 77.6 Å². The first kappa shape index (κ1) is 18.9. The third-order valence-electron chi connectivity index (χ3n) is 6.98. The van der Waals surface area contributed by atoms with Gasteiger partial charge in [0, 0.05) is 37.3 Å². The van der Waals surface area contributed by atoms with Gasteiger partial charge < -0.3 is 14.7 Å². The van der Waals surface area contributed by atoms with E-state index >= 15 is 0 Å². The van der Waals surface area contributed by atoms with E-state index in [1.165, 1.54) is 38.9 Å². The highest BCUT2D eigenvalue weighted by Gasteiger charge is 2.41. The van der Waals surface area contributed by atoms with Crippen molar-refractivity contribution in [2.24, 2.45) is 5.92 Å². The summed E-state index contributed by atoms with van der Waals surface area (Å²) in [6.07, 6.45) is 4.46. The van der Waals surface area contributed by atoms with Gasteiger partial charge in [-0.1, -0.05) is 18.2 Å². The summed E-state index contributed by atoms with van der Waals surface area (Å²) < 4.78 is 0. The molecule has 1 amide bonds. The fraction of sp³-hybridized carbons (Fsp3) is 0.682. The molecular formula is C22H34N4O. The summed E-state index contributed by atoms with van der Waals surface area (Å²) in [7, 11) is 4.60. The highest BCUT2D eigenvalue weighted by molar-refractivity contribution is 5.95. The van der Waals surface area contributed by atoms with E-state index in [1.54, 1.807) is 0 Å². The first-order chi connectivity index (χ1) is 13.1. The molecule has 3 saturated heterocycles. The molecule has 27 heavy (non-hydrogen) atoms. The van der Waals surface area contributed by atoms with Crippen molar-refractivity contribution in [2.45, 2.75) is 31.2 Å². The van der Waals surface area contributed by atoms with Gasteiger partial charge in [-0.25, -0.2) is 0 Å². The second kappa shape index (κ2) is 7.90. The number of likely N-dealkylation sites (tertiary alicyclic amines) is 1. The minimum absolute atomic E-state index is 0.282. The van der Waals surface area contributed by atoms with Crippen LogP contribution in [0.5, 0.6) is 0 Å². The second-order valence-corrected chi connectivity index (χ2v) is 8.95. The molecule has 0 bridgehead atoms. The largest absolute Gasteiger partial charge is 0.312 e. The molecule has 1 aromatic rings. The molecule has 0 radical (unpaired) electrons. The van der Waals surface area contributed by atoms with Crippen LogP contribution in [0.2, 0.25) is 0 Å². The van der Waals surface area contributed by atoms with Crippen LogP contribution in [0.4, 0.5) is 5.69 Å². The van der Waals surface area contributed by atoms with Crippen molar-refractivity contribution in [1.29, 1.82) is 0 Å². The van der Waals surface area contributed by atoms with E-state index in [-0.39, 0.29) is 5.91 Å². The predicted molar refractivity (Wildman–Crippen MR) is 110 cm³/mol. The Morgan fingerprint density at radius 1 is 1.04 bits per heavy atom. The SMILES string of the molecule is CN1CCCN(C)C2(CCN(C[C@H]3CC(=O)N(c4ccccc4)C3)CC2)C1. The van der Waals surface area contributed by atoms with Crippen LogP contribution >= 0.6 is 0 Å². The summed E-state index contributed by atoms with van der Waals surface area (Å²) in [4.78, 5) is 22.2. The molecule has 0 saturated carbocycles. The van der Waals surface area contributed by atoms with Crippen LogP contribution in [-0.4, -0.2) is 86.1 Å². The molecule has 4 rings (SSSR count). The Balaban J connectivity index is 1.33. The highest BCUT2D eigenvalue weighted by atomic mass is 16.2. The van der Waals surface area contributed by atoms with Crippen LogP contribution in [0.1, 0.15) is 25.7 Å². The summed E-state index contributed by atoms with van der Waals surface area (Å²) >= 11 is 0. The fourth-order valence-electron chi connectivity index (χ4n) is 5.34. The quantitative estimate of drug-likeness (QED) is 0.816. The van der Waals surface area contributed by atoms with Gasteiger partial charge in [0.15, 0.2) is 0 Å². The number of para-hydroxylation sites is 1. The Bertz CT molecular complexity index is 641. The molecule has 0 aliphatic carbocycles. The number of rotatable bonds is 3. The van der Waals surface area contributed by atoms with E-state index in [0.717, 1.165) is 31.9 Å². The smallest absolute Gasteiger partial charge is 0.227 e. The third-order valence-corrected chi connectivity index (χ3v) is 6.98. The standard InChI is InChI=1S/C22H34N4O/c1-23-11-6-12-24(2)22(18-23)9-13-25(14-10-22)16-19-15-21(27)26(17-19)20-7-4-3-5-8-20/h3-5,7-8,19H,6,9-18H2,1-2H3/t19-/m1/s1. The number of likely N-dealkylation sites (N-methyl/N-ethyl adjacent to an activating group) is 2. The molecule has 1 atom stereocenters.